The van der Waals surface area contributed by atoms with E-state index in [0.717, 1.165) is 24.7 Å². The number of hydrogen-bond donors (Lipinski definition) is 2. The molecular formula is C23H26FN3O2. The SMILES string of the molecule is CC1CCN(c2ccc(NC(=O)C3CC3C(=O)Nc3ccccc3F)cc2)CC1. The zero-order chi connectivity index (χ0) is 20.4. The molecule has 2 aromatic carbocycles. The summed E-state index contributed by atoms with van der Waals surface area (Å²) in [7, 11) is 0. The molecule has 1 saturated heterocycles. The highest BCUT2D eigenvalue weighted by molar-refractivity contribution is 6.03. The highest BCUT2D eigenvalue weighted by Crippen LogP contribution is 2.40. The minimum atomic E-state index is -0.481. The van der Waals surface area contributed by atoms with Crippen LogP contribution >= 0.6 is 0 Å². The number of nitrogens with zero attached hydrogens (tertiary/aromatic N) is 1. The second-order valence-electron chi connectivity index (χ2n) is 8.12. The second kappa shape index (κ2) is 8.23. The van der Waals surface area contributed by atoms with Crippen LogP contribution < -0.4 is 15.5 Å². The summed E-state index contributed by atoms with van der Waals surface area (Å²) in [4.78, 5) is 27.1. The molecule has 2 unspecified atom stereocenters. The van der Waals surface area contributed by atoms with Gasteiger partial charge in [0, 0.05) is 24.5 Å². The van der Waals surface area contributed by atoms with Gasteiger partial charge >= 0.3 is 0 Å². The van der Waals surface area contributed by atoms with Gasteiger partial charge in [0.15, 0.2) is 0 Å². The number of halogens is 1. The predicted octanol–water partition coefficient (Wildman–Crippen LogP) is 4.28. The fourth-order valence-electron chi connectivity index (χ4n) is 3.82. The van der Waals surface area contributed by atoms with E-state index in [-0.39, 0.29) is 23.4 Å². The van der Waals surface area contributed by atoms with Crippen molar-refractivity contribution in [1.82, 2.24) is 0 Å². The van der Waals surface area contributed by atoms with Gasteiger partial charge < -0.3 is 15.5 Å². The van der Waals surface area contributed by atoms with Crippen molar-refractivity contribution in [2.24, 2.45) is 17.8 Å². The lowest BCUT2D eigenvalue weighted by Crippen LogP contribution is -2.32. The Hall–Kier alpha value is -2.89. The van der Waals surface area contributed by atoms with E-state index in [2.05, 4.69) is 22.5 Å². The first-order chi connectivity index (χ1) is 14.0. The number of carbonyl (C=O) groups is 2. The molecule has 29 heavy (non-hydrogen) atoms. The van der Waals surface area contributed by atoms with Crippen molar-refractivity contribution in [3.8, 4) is 0 Å². The van der Waals surface area contributed by atoms with Crippen molar-refractivity contribution >= 4 is 28.9 Å². The van der Waals surface area contributed by atoms with Gasteiger partial charge in [0.1, 0.15) is 5.82 Å². The fourth-order valence-corrected chi connectivity index (χ4v) is 3.82. The molecule has 1 aliphatic carbocycles. The van der Waals surface area contributed by atoms with Crippen molar-refractivity contribution < 1.29 is 14.0 Å². The zero-order valence-electron chi connectivity index (χ0n) is 16.5. The molecule has 0 aromatic heterocycles. The van der Waals surface area contributed by atoms with E-state index in [0.29, 0.717) is 6.42 Å². The van der Waals surface area contributed by atoms with Crippen LogP contribution in [0.2, 0.25) is 0 Å². The largest absolute Gasteiger partial charge is 0.372 e. The Morgan fingerprint density at radius 1 is 0.931 bits per heavy atom. The highest BCUT2D eigenvalue weighted by Gasteiger charge is 2.48. The molecule has 4 rings (SSSR count). The van der Waals surface area contributed by atoms with E-state index in [4.69, 9.17) is 0 Å². The van der Waals surface area contributed by atoms with Crippen LogP contribution in [0.15, 0.2) is 48.5 Å². The number of benzene rings is 2. The smallest absolute Gasteiger partial charge is 0.228 e. The molecule has 152 valence electrons. The summed E-state index contributed by atoms with van der Waals surface area (Å²) in [5.41, 5.74) is 2.04. The summed E-state index contributed by atoms with van der Waals surface area (Å²) in [6.45, 7) is 4.42. The third-order valence-electron chi connectivity index (χ3n) is 5.88. The van der Waals surface area contributed by atoms with Gasteiger partial charge in [0.25, 0.3) is 0 Å². The van der Waals surface area contributed by atoms with E-state index in [1.54, 1.807) is 12.1 Å². The number of anilines is 3. The van der Waals surface area contributed by atoms with Gasteiger partial charge in [0.05, 0.1) is 17.5 Å². The molecule has 2 amide bonds. The van der Waals surface area contributed by atoms with Crippen molar-refractivity contribution in [2.45, 2.75) is 26.2 Å². The normalized spacial score (nSPS) is 21.5. The first-order valence-corrected chi connectivity index (χ1v) is 10.2. The molecule has 2 fully saturated rings. The van der Waals surface area contributed by atoms with Crippen LogP contribution in [0, 0.1) is 23.6 Å². The Kier molecular flexibility index (Phi) is 5.51. The molecule has 2 atom stereocenters. The molecule has 0 bridgehead atoms. The average Bonchev–Trinajstić information content (AvgIpc) is 3.52. The van der Waals surface area contributed by atoms with Gasteiger partial charge in [-0.25, -0.2) is 4.39 Å². The quantitative estimate of drug-likeness (QED) is 0.795. The Bertz CT molecular complexity index is 891. The third kappa shape index (κ3) is 4.58. The monoisotopic (exact) mass is 395 g/mol. The van der Waals surface area contributed by atoms with E-state index < -0.39 is 11.7 Å². The molecule has 1 aliphatic heterocycles. The number of rotatable bonds is 5. The van der Waals surface area contributed by atoms with Crippen LogP contribution in [-0.4, -0.2) is 24.9 Å². The maximum atomic E-state index is 13.7. The van der Waals surface area contributed by atoms with Crippen LogP contribution in [0.5, 0.6) is 0 Å². The lowest BCUT2D eigenvalue weighted by Gasteiger charge is -2.32. The minimum absolute atomic E-state index is 0.145. The van der Waals surface area contributed by atoms with Crippen LogP contribution in [0.4, 0.5) is 21.5 Å². The standard InChI is InChI=1S/C23H26FN3O2/c1-15-10-12-27(13-11-15)17-8-6-16(7-9-17)25-22(28)18-14-19(18)23(29)26-21-5-3-2-4-20(21)24/h2-9,15,18-19H,10-14H2,1H3,(H,25,28)(H,26,29). The van der Waals surface area contributed by atoms with Crippen LogP contribution in [-0.2, 0) is 9.59 Å². The lowest BCUT2D eigenvalue weighted by molar-refractivity contribution is -0.122. The van der Waals surface area contributed by atoms with E-state index in [1.807, 2.05) is 24.3 Å². The number of nitrogens with one attached hydrogen (secondary N) is 2. The topological polar surface area (TPSA) is 61.4 Å². The van der Waals surface area contributed by atoms with Crippen LogP contribution in [0.3, 0.4) is 0 Å². The van der Waals surface area contributed by atoms with Gasteiger partial charge in [-0.3, -0.25) is 9.59 Å². The van der Waals surface area contributed by atoms with E-state index in [1.165, 1.54) is 30.7 Å². The molecule has 2 N–H and O–H groups in total. The van der Waals surface area contributed by atoms with Crippen LogP contribution in [0.25, 0.3) is 0 Å². The van der Waals surface area contributed by atoms with Crippen molar-refractivity contribution in [1.29, 1.82) is 0 Å². The van der Waals surface area contributed by atoms with Crippen molar-refractivity contribution in [3.05, 3.63) is 54.3 Å². The Balaban J connectivity index is 1.29. The molecule has 0 spiro atoms. The lowest BCUT2D eigenvalue weighted by atomic mass is 9.99. The van der Waals surface area contributed by atoms with Gasteiger partial charge in [-0.05, 0) is 61.6 Å². The summed E-state index contributed by atoms with van der Waals surface area (Å²) in [6, 6.07) is 13.9. The molecule has 2 aromatic rings. The number of amides is 2. The van der Waals surface area contributed by atoms with Crippen molar-refractivity contribution in [3.63, 3.8) is 0 Å². The van der Waals surface area contributed by atoms with Gasteiger partial charge in [-0.2, -0.15) is 0 Å². The number of piperidine rings is 1. The number of para-hydroxylation sites is 1. The van der Waals surface area contributed by atoms with Gasteiger partial charge in [-0.15, -0.1) is 0 Å². The minimum Gasteiger partial charge on any atom is -0.372 e. The average molecular weight is 395 g/mol. The Labute approximate surface area is 170 Å². The Morgan fingerprint density at radius 3 is 2.21 bits per heavy atom. The summed E-state index contributed by atoms with van der Waals surface area (Å²) >= 11 is 0. The van der Waals surface area contributed by atoms with E-state index >= 15 is 0 Å². The number of carbonyl (C=O) groups excluding carboxylic acids is 2. The maximum Gasteiger partial charge on any atom is 0.228 e. The summed E-state index contributed by atoms with van der Waals surface area (Å²) in [5, 5.41) is 5.46. The van der Waals surface area contributed by atoms with Gasteiger partial charge in [0.2, 0.25) is 11.8 Å². The molecule has 1 saturated carbocycles. The third-order valence-corrected chi connectivity index (χ3v) is 5.88. The number of hydrogen-bond acceptors (Lipinski definition) is 3. The molecule has 2 aliphatic rings. The maximum absolute atomic E-state index is 13.7. The van der Waals surface area contributed by atoms with E-state index in [9.17, 15) is 14.0 Å². The summed E-state index contributed by atoms with van der Waals surface area (Å²) < 4.78 is 13.7. The molecule has 5 nitrogen and oxygen atoms in total. The summed E-state index contributed by atoms with van der Waals surface area (Å²) in [5.74, 6) is -0.963. The second-order valence-corrected chi connectivity index (χ2v) is 8.12. The molecular weight excluding hydrogens is 369 g/mol. The van der Waals surface area contributed by atoms with Crippen molar-refractivity contribution in [2.75, 3.05) is 28.6 Å². The fraction of sp³-hybridized carbons (Fsp3) is 0.391. The highest BCUT2D eigenvalue weighted by atomic mass is 19.1. The Morgan fingerprint density at radius 2 is 1.55 bits per heavy atom. The first-order valence-electron chi connectivity index (χ1n) is 10.2. The molecule has 1 heterocycles. The predicted molar refractivity (Wildman–Crippen MR) is 112 cm³/mol. The molecule has 6 heteroatoms. The summed E-state index contributed by atoms with van der Waals surface area (Å²) in [6.07, 6.45) is 2.89. The zero-order valence-corrected chi connectivity index (χ0v) is 16.5. The first kappa shape index (κ1) is 19.4. The van der Waals surface area contributed by atoms with Crippen LogP contribution in [0.1, 0.15) is 26.2 Å². The molecule has 0 radical (unpaired) electrons. The van der Waals surface area contributed by atoms with Gasteiger partial charge in [-0.1, -0.05) is 19.1 Å².